The number of hydrogen-bond acceptors (Lipinski definition) is 1. The van der Waals surface area contributed by atoms with Gasteiger partial charge in [-0.05, 0) is 35.1 Å². The van der Waals surface area contributed by atoms with Crippen LogP contribution >= 0.6 is 0 Å². The summed E-state index contributed by atoms with van der Waals surface area (Å²) in [4.78, 5) is 12.6. The van der Waals surface area contributed by atoms with Crippen molar-refractivity contribution >= 4 is 10.9 Å². The first-order valence-corrected chi connectivity index (χ1v) is 9.01. The van der Waals surface area contributed by atoms with E-state index >= 15 is 0 Å². The van der Waals surface area contributed by atoms with E-state index in [1.54, 1.807) is 0 Å². The lowest BCUT2D eigenvalue weighted by molar-refractivity contribution is -0.667. The van der Waals surface area contributed by atoms with Crippen LogP contribution in [0.1, 0.15) is 45.2 Å². The minimum absolute atomic E-state index is 0.0942. The fourth-order valence-corrected chi connectivity index (χ4v) is 3.18. The Balaban J connectivity index is 2.03. The van der Waals surface area contributed by atoms with E-state index in [9.17, 15) is 4.79 Å². The average Bonchev–Trinajstić information content (AvgIpc) is 2.59. The molecule has 1 aromatic heterocycles. The highest BCUT2D eigenvalue weighted by molar-refractivity contribution is 5.74. The molecule has 0 spiro atoms. The van der Waals surface area contributed by atoms with Crippen molar-refractivity contribution in [2.75, 3.05) is 0 Å². The third kappa shape index (κ3) is 3.65. The minimum Gasteiger partial charge on any atom is -0.241 e. The fraction of sp³-hybridized carbons (Fsp3) is 0.364. The number of para-hydroxylation sites is 1. The van der Waals surface area contributed by atoms with Gasteiger partial charge in [-0.3, -0.25) is 0 Å². The van der Waals surface area contributed by atoms with Gasteiger partial charge in [0, 0.05) is 0 Å². The third-order valence-corrected chi connectivity index (χ3v) is 4.62. The number of rotatable bonds is 4. The van der Waals surface area contributed by atoms with Crippen LogP contribution in [0.4, 0.5) is 0 Å². The van der Waals surface area contributed by atoms with Crippen molar-refractivity contribution in [3.05, 3.63) is 76.3 Å². The summed E-state index contributed by atoms with van der Waals surface area (Å²) >= 11 is 0. The first-order chi connectivity index (χ1) is 11.9. The number of benzene rings is 2. The van der Waals surface area contributed by atoms with E-state index in [0.29, 0.717) is 0 Å². The lowest BCUT2D eigenvalue weighted by Crippen LogP contribution is -2.41. The van der Waals surface area contributed by atoms with Gasteiger partial charge < -0.3 is 0 Å². The predicted molar refractivity (Wildman–Crippen MR) is 103 cm³/mol. The topological polar surface area (TPSA) is 25.9 Å². The molecule has 3 aromatic rings. The van der Waals surface area contributed by atoms with Gasteiger partial charge in [0.15, 0.2) is 0 Å². The van der Waals surface area contributed by atoms with Gasteiger partial charge in [0.1, 0.15) is 17.4 Å². The monoisotopic (exact) mass is 335 g/mol. The normalized spacial score (nSPS) is 11.8. The Morgan fingerprint density at radius 1 is 1.00 bits per heavy atom. The van der Waals surface area contributed by atoms with Crippen molar-refractivity contribution in [2.45, 2.75) is 52.6 Å². The molecule has 0 unspecified atom stereocenters. The quantitative estimate of drug-likeness (QED) is 0.661. The smallest absolute Gasteiger partial charge is 0.241 e. The highest BCUT2D eigenvalue weighted by Gasteiger charge is 2.16. The first-order valence-electron chi connectivity index (χ1n) is 9.01. The summed E-state index contributed by atoms with van der Waals surface area (Å²) in [6, 6.07) is 16.7. The Bertz CT molecular complexity index is 931. The zero-order valence-electron chi connectivity index (χ0n) is 15.6. The molecule has 3 rings (SSSR count). The molecule has 0 aliphatic rings. The van der Waals surface area contributed by atoms with Crippen molar-refractivity contribution in [3.63, 3.8) is 0 Å². The summed E-state index contributed by atoms with van der Waals surface area (Å²) in [5.74, 6) is 0. The van der Waals surface area contributed by atoms with E-state index in [1.807, 2.05) is 35.2 Å². The maximum Gasteiger partial charge on any atom is 0.345 e. The molecule has 0 bridgehead atoms. The molecule has 0 aliphatic carbocycles. The van der Waals surface area contributed by atoms with Crippen LogP contribution in [-0.4, -0.2) is 4.57 Å². The number of aromatic nitrogens is 2. The van der Waals surface area contributed by atoms with Crippen molar-refractivity contribution in [2.24, 2.45) is 0 Å². The van der Waals surface area contributed by atoms with Crippen molar-refractivity contribution in [1.82, 2.24) is 4.57 Å². The number of hydrogen-bond donors (Lipinski definition) is 0. The molecular weight excluding hydrogens is 308 g/mol. The summed E-state index contributed by atoms with van der Waals surface area (Å²) in [5.41, 5.74) is 3.82. The number of nitrogens with zero attached hydrogens (tertiary/aromatic N) is 2. The Labute approximate surface area is 149 Å². The Hall–Kier alpha value is -2.42. The molecule has 0 aliphatic heterocycles. The van der Waals surface area contributed by atoms with Gasteiger partial charge in [0.2, 0.25) is 6.33 Å². The Morgan fingerprint density at radius 3 is 2.32 bits per heavy atom. The summed E-state index contributed by atoms with van der Waals surface area (Å²) in [5, 5.41) is 0.782. The van der Waals surface area contributed by atoms with Crippen LogP contribution in [0.25, 0.3) is 10.9 Å². The molecule has 0 radical (unpaired) electrons. The van der Waals surface area contributed by atoms with Gasteiger partial charge in [-0.1, -0.05) is 64.1 Å². The Morgan fingerprint density at radius 2 is 1.68 bits per heavy atom. The second-order valence-electron chi connectivity index (χ2n) is 7.71. The second-order valence-corrected chi connectivity index (χ2v) is 7.71. The molecule has 2 aromatic carbocycles. The summed E-state index contributed by atoms with van der Waals surface area (Å²) in [7, 11) is 0. The second kappa shape index (κ2) is 6.83. The third-order valence-electron chi connectivity index (χ3n) is 4.62. The van der Waals surface area contributed by atoms with Crippen molar-refractivity contribution < 1.29 is 4.57 Å². The number of aryl methyl sites for hydroxylation is 1. The van der Waals surface area contributed by atoms with Gasteiger partial charge in [-0.2, -0.15) is 4.57 Å². The molecule has 0 saturated heterocycles. The van der Waals surface area contributed by atoms with Crippen LogP contribution in [0, 0.1) is 0 Å². The molecule has 3 nitrogen and oxygen atoms in total. The lowest BCUT2D eigenvalue weighted by atomic mass is 9.87. The van der Waals surface area contributed by atoms with E-state index < -0.39 is 0 Å². The molecule has 0 fully saturated rings. The molecule has 1 heterocycles. The van der Waals surface area contributed by atoms with Crippen LogP contribution in [-0.2, 0) is 18.5 Å². The summed E-state index contributed by atoms with van der Waals surface area (Å²) in [6.07, 6.45) is 2.91. The van der Waals surface area contributed by atoms with E-state index in [4.69, 9.17) is 0 Å². The first kappa shape index (κ1) is 17.4. The minimum atomic E-state index is 0.0942. The highest BCUT2D eigenvalue weighted by Crippen LogP contribution is 2.22. The molecule has 0 amide bonds. The molecule has 25 heavy (non-hydrogen) atoms. The molecule has 0 saturated carbocycles. The lowest BCUT2D eigenvalue weighted by Gasteiger charge is -2.19. The van der Waals surface area contributed by atoms with Crippen LogP contribution in [0.2, 0.25) is 0 Å². The zero-order valence-corrected chi connectivity index (χ0v) is 15.6. The SMILES string of the molecule is CCCn1c[n+](Cc2ccc(C(C)(C)C)cc2)c2ccccc2c1=O. The van der Waals surface area contributed by atoms with Crippen LogP contribution in [0.5, 0.6) is 0 Å². The molecule has 0 atom stereocenters. The van der Waals surface area contributed by atoms with Gasteiger partial charge >= 0.3 is 5.56 Å². The largest absolute Gasteiger partial charge is 0.345 e. The van der Waals surface area contributed by atoms with Gasteiger partial charge in [-0.15, -0.1) is 0 Å². The maximum absolute atomic E-state index is 12.6. The van der Waals surface area contributed by atoms with Crippen LogP contribution in [0.15, 0.2) is 59.7 Å². The highest BCUT2D eigenvalue weighted by atomic mass is 16.1. The van der Waals surface area contributed by atoms with Crippen LogP contribution in [0.3, 0.4) is 0 Å². The average molecular weight is 335 g/mol. The molecule has 0 N–H and O–H groups in total. The molecule has 130 valence electrons. The van der Waals surface area contributed by atoms with Crippen molar-refractivity contribution in [1.29, 1.82) is 0 Å². The van der Waals surface area contributed by atoms with Gasteiger partial charge in [0.05, 0.1) is 6.54 Å². The number of fused-ring (bicyclic) bond motifs is 1. The maximum atomic E-state index is 12.6. The van der Waals surface area contributed by atoms with Crippen molar-refractivity contribution in [3.8, 4) is 0 Å². The standard InChI is InChI=1S/C22H27N2O/c1-5-14-23-16-24(20-9-7-6-8-19(20)21(23)25)15-17-10-12-18(13-11-17)22(2,3)4/h6-13,16H,5,14-15H2,1-4H3/q+1. The predicted octanol–water partition coefficient (Wildman–Crippen LogP) is 4.04. The van der Waals surface area contributed by atoms with E-state index in [2.05, 4.69) is 56.5 Å². The summed E-state index contributed by atoms with van der Waals surface area (Å²) < 4.78 is 4.00. The van der Waals surface area contributed by atoms with Gasteiger partial charge in [-0.25, -0.2) is 9.36 Å². The summed E-state index contributed by atoms with van der Waals surface area (Å²) in [6.45, 7) is 10.3. The van der Waals surface area contributed by atoms with E-state index in [-0.39, 0.29) is 11.0 Å². The fourth-order valence-electron chi connectivity index (χ4n) is 3.18. The van der Waals surface area contributed by atoms with E-state index in [0.717, 1.165) is 30.4 Å². The van der Waals surface area contributed by atoms with E-state index in [1.165, 1.54) is 11.1 Å². The zero-order chi connectivity index (χ0) is 18.0. The molecular formula is C22H27N2O+. The van der Waals surface area contributed by atoms with Crippen LogP contribution < -0.4 is 10.1 Å². The van der Waals surface area contributed by atoms with Gasteiger partial charge in [0.25, 0.3) is 0 Å². The molecule has 3 heteroatoms. The Kier molecular flexibility index (Phi) is 4.76.